The molecule has 1 heterocycles. The molecule has 3 aromatic rings. The third-order valence-electron chi connectivity index (χ3n) is 5.02. The van der Waals surface area contributed by atoms with E-state index in [1.165, 1.54) is 11.8 Å². The van der Waals surface area contributed by atoms with Crippen molar-refractivity contribution in [3.05, 3.63) is 70.5 Å². The van der Waals surface area contributed by atoms with Gasteiger partial charge in [-0.05, 0) is 38.0 Å². The molecule has 0 aliphatic carbocycles. The summed E-state index contributed by atoms with van der Waals surface area (Å²) in [5.74, 6) is 0.245. The molecular formula is C24H29N3O3S. The van der Waals surface area contributed by atoms with Crippen LogP contribution in [0.4, 0.5) is 0 Å². The van der Waals surface area contributed by atoms with Gasteiger partial charge in [-0.1, -0.05) is 54.2 Å². The van der Waals surface area contributed by atoms with Crippen LogP contribution in [-0.2, 0) is 22.6 Å². The number of methoxy groups -OCH3 is 1. The van der Waals surface area contributed by atoms with Gasteiger partial charge in [0.2, 0.25) is 5.91 Å². The zero-order valence-electron chi connectivity index (χ0n) is 18.3. The van der Waals surface area contributed by atoms with Gasteiger partial charge in [0.1, 0.15) is 0 Å². The topological polar surface area (TPSA) is 64.4 Å². The van der Waals surface area contributed by atoms with Gasteiger partial charge < -0.3 is 9.64 Å². The summed E-state index contributed by atoms with van der Waals surface area (Å²) in [6.07, 6.45) is 0.698. The smallest absolute Gasteiger partial charge is 0.262 e. The Morgan fingerprint density at radius 1 is 1.13 bits per heavy atom. The molecule has 0 unspecified atom stereocenters. The third kappa shape index (κ3) is 5.95. The Morgan fingerprint density at radius 2 is 1.84 bits per heavy atom. The first-order valence-electron chi connectivity index (χ1n) is 10.5. The maximum absolute atomic E-state index is 13.1. The molecule has 0 aliphatic rings. The second kappa shape index (κ2) is 11.1. The monoisotopic (exact) mass is 439 g/mol. The van der Waals surface area contributed by atoms with E-state index in [4.69, 9.17) is 4.74 Å². The van der Waals surface area contributed by atoms with Gasteiger partial charge in [-0.25, -0.2) is 4.98 Å². The Balaban J connectivity index is 1.81. The minimum atomic E-state index is -0.0818. The molecule has 7 heteroatoms. The highest BCUT2D eigenvalue weighted by Crippen LogP contribution is 2.20. The van der Waals surface area contributed by atoms with Crippen molar-refractivity contribution < 1.29 is 9.53 Å². The SMILES string of the molecule is COCCCn1c(SCC(=O)N(Cc2ccccc2)C(C)C)nc2ccccc2c1=O. The van der Waals surface area contributed by atoms with Gasteiger partial charge in [-0.15, -0.1) is 0 Å². The Hall–Kier alpha value is -2.64. The minimum Gasteiger partial charge on any atom is -0.385 e. The molecule has 0 aliphatic heterocycles. The number of thioether (sulfide) groups is 1. The molecule has 2 aromatic carbocycles. The highest BCUT2D eigenvalue weighted by molar-refractivity contribution is 7.99. The molecule has 0 fully saturated rings. The number of rotatable bonds is 10. The third-order valence-corrected chi connectivity index (χ3v) is 5.98. The minimum absolute atomic E-state index is 0.0229. The molecule has 0 spiro atoms. The van der Waals surface area contributed by atoms with Crippen LogP contribution in [0.25, 0.3) is 10.9 Å². The summed E-state index contributed by atoms with van der Waals surface area (Å²) in [6.45, 7) is 5.64. The standard InChI is InChI=1S/C24H29N3O3S/c1-18(2)27(16-19-10-5-4-6-11-19)22(28)17-31-24-25-21-13-8-7-12-20(21)23(29)26(24)14-9-15-30-3/h4-8,10-13,18H,9,14-17H2,1-3H3. The van der Waals surface area contributed by atoms with Crippen LogP contribution in [0.15, 0.2) is 64.5 Å². The summed E-state index contributed by atoms with van der Waals surface area (Å²) < 4.78 is 6.80. The van der Waals surface area contributed by atoms with Gasteiger partial charge in [-0.2, -0.15) is 0 Å². The number of hydrogen-bond acceptors (Lipinski definition) is 5. The number of benzene rings is 2. The van der Waals surface area contributed by atoms with Crippen molar-refractivity contribution in [1.29, 1.82) is 0 Å². The zero-order valence-corrected chi connectivity index (χ0v) is 19.1. The van der Waals surface area contributed by atoms with E-state index in [0.29, 0.717) is 42.2 Å². The first kappa shape index (κ1) is 23.0. The summed E-state index contributed by atoms with van der Waals surface area (Å²) in [7, 11) is 1.64. The predicted octanol–water partition coefficient (Wildman–Crippen LogP) is 3.96. The molecule has 0 radical (unpaired) electrons. The molecule has 164 valence electrons. The Labute approximate surface area is 187 Å². The lowest BCUT2D eigenvalue weighted by Crippen LogP contribution is -2.37. The fraction of sp³-hybridized carbons (Fsp3) is 0.375. The van der Waals surface area contributed by atoms with Crippen LogP contribution >= 0.6 is 11.8 Å². The van der Waals surface area contributed by atoms with Crippen molar-refractivity contribution in [1.82, 2.24) is 14.5 Å². The predicted molar refractivity (Wildman–Crippen MR) is 125 cm³/mol. The largest absolute Gasteiger partial charge is 0.385 e. The van der Waals surface area contributed by atoms with Crippen molar-refractivity contribution in [2.24, 2.45) is 0 Å². The van der Waals surface area contributed by atoms with E-state index in [2.05, 4.69) is 4.98 Å². The second-order valence-electron chi connectivity index (χ2n) is 7.60. The molecule has 0 saturated carbocycles. The molecule has 3 rings (SSSR count). The van der Waals surface area contributed by atoms with Crippen LogP contribution < -0.4 is 5.56 Å². The number of ether oxygens (including phenoxy) is 1. The van der Waals surface area contributed by atoms with Crippen LogP contribution in [0.1, 0.15) is 25.8 Å². The molecule has 6 nitrogen and oxygen atoms in total. The van der Waals surface area contributed by atoms with Crippen molar-refractivity contribution in [3.8, 4) is 0 Å². The van der Waals surface area contributed by atoms with E-state index in [9.17, 15) is 9.59 Å². The molecule has 0 N–H and O–H groups in total. The Bertz CT molecular complexity index is 1070. The highest BCUT2D eigenvalue weighted by atomic mass is 32.2. The van der Waals surface area contributed by atoms with Gasteiger partial charge in [0.15, 0.2) is 5.16 Å². The van der Waals surface area contributed by atoms with Gasteiger partial charge in [0.05, 0.1) is 16.7 Å². The Morgan fingerprint density at radius 3 is 2.55 bits per heavy atom. The average molecular weight is 440 g/mol. The van der Waals surface area contributed by atoms with Crippen molar-refractivity contribution in [2.45, 2.75) is 44.6 Å². The van der Waals surface area contributed by atoms with Crippen LogP contribution in [0, 0.1) is 0 Å². The van der Waals surface area contributed by atoms with Gasteiger partial charge >= 0.3 is 0 Å². The number of nitrogens with zero attached hydrogens (tertiary/aromatic N) is 3. The molecule has 1 aromatic heterocycles. The summed E-state index contributed by atoms with van der Waals surface area (Å²) in [5, 5.41) is 1.15. The van der Waals surface area contributed by atoms with Crippen LogP contribution in [0.2, 0.25) is 0 Å². The maximum atomic E-state index is 13.1. The second-order valence-corrected chi connectivity index (χ2v) is 8.55. The molecule has 31 heavy (non-hydrogen) atoms. The normalized spacial score (nSPS) is 11.2. The van der Waals surface area contributed by atoms with E-state index in [0.717, 1.165) is 5.56 Å². The van der Waals surface area contributed by atoms with Crippen LogP contribution in [-0.4, -0.2) is 45.9 Å². The van der Waals surface area contributed by atoms with Gasteiger partial charge in [-0.3, -0.25) is 14.2 Å². The van der Waals surface area contributed by atoms with Crippen molar-refractivity contribution in [2.75, 3.05) is 19.5 Å². The van der Waals surface area contributed by atoms with E-state index in [-0.39, 0.29) is 23.3 Å². The zero-order chi connectivity index (χ0) is 22.2. The fourth-order valence-electron chi connectivity index (χ4n) is 3.37. The summed E-state index contributed by atoms with van der Waals surface area (Å²) in [5.41, 5.74) is 1.66. The fourth-order valence-corrected chi connectivity index (χ4v) is 4.28. The molecule has 0 atom stereocenters. The number of carbonyl (C=O) groups is 1. The van der Waals surface area contributed by atoms with E-state index < -0.39 is 0 Å². The summed E-state index contributed by atoms with van der Waals surface area (Å²) >= 11 is 1.32. The first-order chi connectivity index (χ1) is 15.0. The number of amides is 1. The lowest BCUT2D eigenvalue weighted by atomic mass is 10.2. The number of carbonyl (C=O) groups excluding carboxylic acids is 1. The first-order valence-corrected chi connectivity index (χ1v) is 11.4. The summed E-state index contributed by atoms with van der Waals surface area (Å²) in [4.78, 5) is 32.6. The van der Waals surface area contributed by atoms with E-state index in [1.54, 1.807) is 17.7 Å². The van der Waals surface area contributed by atoms with E-state index in [1.807, 2.05) is 67.3 Å². The number of aromatic nitrogens is 2. The molecule has 1 amide bonds. The van der Waals surface area contributed by atoms with Crippen molar-refractivity contribution >= 4 is 28.6 Å². The lowest BCUT2D eigenvalue weighted by molar-refractivity contribution is -0.130. The molecule has 0 saturated heterocycles. The van der Waals surface area contributed by atoms with Crippen LogP contribution in [0.3, 0.4) is 0 Å². The van der Waals surface area contributed by atoms with Crippen LogP contribution in [0.5, 0.6) is 0 Å². The number of para-hydroxylation sites is 1. The lowest BCUT2D eigenvalue weighted by Gasteiger charge is -2.27. The quantitative estimate of drug-likeness (QED) is 0.272. The maximum Gasteiger partial charge on any atom is 0.262 e. The van der Waals surface area contributed by atoms with Gasteiger partial charge in [0, 0.05) is 32.8 Å². The molecule has 0 bridgehead atoms. The van der Waals surface area contributed by atoms with E-state index >= 15 is 0 Å². The molecular weight excluding hydrogens is 410 g/mol. The summed E-state index contributed by atoms with van der Waals surface area (Å²) in [6, 6.07) is 17.4. The van der Waals surface area contributed by atoms with Gasteiger partial charge in [0.25, 0.3) is 5.56 Å². The average Bonchev–Trinajstić information content (AvgIpc) is 2.78. The number of fused-ring (bicyclic) bond motifs is 1. The highest BCUT2D eigenvalue weighted by Gasteiger charge is 2.19. The Kier molecular flexibility index (Phi) is 8.26. The number of hydrogen-bond donors (Lipinski definition) is 0. The van der Waals surface area contributed by atoms with Crippen molar-refractivity contribution in [3.63, 3.8) is 0 Å².